The van der Waals surface area contributed by atoms with Crippen LogP contribution < -0.4 is 10.0 Å². The molecule has 3 rings (SSSR count). The van der Waals surface area contributed by atoms with Crippen LogP contribution in [0.5, 0.6) is 0 Å². The van der Waals surface area contributed by atoms with Gasteiger partial charge in [-0.3, -0.25) is 4.72 Å². The number of rotatable bonds is 5. The van der Waals surface area contributed by atoms with Crippen molar-refractivity contribution in [3.63, 3.8) is 0 Å². The number of pyridine rings is 1. The van der Waals surface area contributed by atoms with Crippen molar-refractivity contribution < 1.29 is 12.8 Å². The van der Waals surface area contributed by atoms with E-state index in [1.165, 1.54) is 30.5 Å². The highest BCUT2D eigenvalue weighted by atomic mass is 35.5. The number of halogens is 2. The van der Waals surface area contributed by atoms with Gasteiger partial charge in [0.2, 0.25) is 0 Å². The summed E-state index contributed by atoms with van der Waals surface area (Å²) in [6.45, 7) is 0. The summed E-state index contributed by atoms with van der Waals surface area (Å²) in [5.74, 6) is -0.257. The maximum atomic E-state index is 13.6. The molecule has 0 aliphatic rings. The molecule has 8 heteroatoms. The van der Waals surface area contributed by atoms with Crippen LogP contribution in [0, 0.1) is 5.82 Å². The number of hydrogen-bond acceptors (Lipinski definition) is 4. The third kappa shape index (κ3) is 4.26. The van der Waals surface area contributed by atoms with E-state index in [0.717, 1.165) is 0 Å². The van der Waals surface area contributed by atoms with Gasteiger partial charge in [-0.15, -0.1) is 0 Å². The van der Waals surface area contributed by atoms with Crippen LogP contribution >= 0.6 is 11.6 Å². The summed E-state index contributed by atoms with van der Waals surface area (Å²) in [5, 5.41) is 3.19. The molecule has 0 spiro atoms. The molecule has 25 heavy (non-hydrogen) atoms. The van der Waals surface area contributed by atoms with E-state index in [1.807, 2.05) is 0 Å². The van der Waals surface area contributed by atoms with Crippen LogP contribution in [-0.4, -0.2) is 13.4 Å². The normalized spacial score (nSPS) is 11.1. The van der Waals surface area contributed by atoms with Gasteiger partial charge in [0.1, 0.15) is 11.6 Å². The number of nitrogens with zero attached hydrogens (tertiary/aromatic N) is 1. The fourth-order valence-corrected chi connectivity index (χ4v) is 3.39. The number of para-hydroxylation sites is 1. The molecule has 1 heterocycles. The molecule has 0 fully saturated rings. The molecule has 0 unspecified atom stereocenters. The zero-order valence-corrected chi connectivity index (χ0v) is 14.4. The molecule has 0 saturated carbocycles. The van der Waals surface area contributed by atoms with Crippen LogP contribution in [0.25, 0.3) is 0 Å². The van der Waals surface area contributed by atoms with Gasteiger partial charge in [-0.05, 0) is 42.5 Å². The first kappa shape index (κ1) is 17.2. The largest absolute Gasteiger partial charge is 0.352 e. The van der Waals surface area contributed by atoms with E-state index >= 15 is 0 Å². The van der Waals surface area contributed by atoms with Crippen molar-refractivity contribution >= 4 is 38.8 Å². The van der Waals surface area contributed by atoms with E-state index in [0.29, 0.717) is 16.4 Å². The molecule has 0 aliphatic carbocycles. The first-order valence-corrected chi connectivity index (χ1v) is 9.06. The number of anilines is 3. The fraction of sp³-hybridized carbons (Fsp3) is 0. The third-order valence-corrected chi connectivity index (χ3v) is 4.85. The number of sulfonamides is 1. The van der Waals surface area contributed by atoms with Crippen molar-refractivity contribution in [3.8, 4) is 0 Å². The molecule has 5 nitrogen and oxygen atoms in total. The lowest BCUT2D eigenvalue weighted by molar-refractivity contribution is 0.601. The highest BCUT2D eigenvalue weighted by molar-refractivity contribution is 7.92. The molecule has 3 aromatic rings. The summed E-state index contributed by atoms with van der Waals surface area (Å²) in [6.07, 6.45) is 1.41. The molecule has 0 bridgehead atoms. The Morgan fingerprint density at radius 1 is 1.00 bits per heavy atom. The second kappa shape index (κ2) is 7.08. The topological polar surface area (TPSA) is 71.1 Å². The summed E-state index contributed by atoms with van der Waals surface area (Å²) in [7, 11) is -3.79. The van der Waals surface area contributed by atoms with Crippen molar-refractivity contribution in [2.24, 2.45) is 0 Å². The van der Waals surface area contributed by atoms with Crippen molar-refractivity contribution in [2.45, 2.75) is 4.90 Å². The minimum absolute atomic E-state index is 0.0374. The number of hydrogen-bond donors (Lipinski definition) is 2. The average Bonchev–Trinajstić information content (AvgIpc) is 2.58. The van der Waals surface area contributed by atoms with E-state index in [1.54, 1.807) is 36.4 Å². The average molecular weight is 378 g/mol. The predicted molar refractivity (Wildman–Crippen MR) is 96.2 cm³/mol. The molecule has 0 aliphatic heterocycles. The summed E-state index contributed by atoms with van der Waals surface area (Å²) in [4.78, 5) is 4.07. The summed E-state index contributed by atoms with van der Waals surface area (Å²) in [6, 6.07) is 15.2. The summed E-state index contributed by atoms with van der Waals surface area (Å²) in [5.41, 5.74) is 0.826. The Balaban J connectivity index is 1.75. The molecule has 0 saturated heterocycles. The molecule has 2 N–H and O–H groups in total. The van der Waals surface area contributed by atoms with Gasteiger partial charge in [-0.1, -0.05) is 29.8 Å². The SMILES string of the molecule is O=S(=O)(Nc1ccc(Nc2ccccc2F)cn1)c1cccc(Cl)c1. The minimum atomic E-state index is -3.79. The maximum absolute atomic E-state index is 13.6. The van der Waals surface area contributed by atoms with Crippen molar-refractivity contribution in [1.29, 1.82) is 0 Å². The van der Waals surface area contributed by atoms with Crippen molar-refractivity contribution in [1.82, 2.24) is 4.98 Å². The second-order valence-corrected chi connectivity index (χ2v) is 7.22. The second-order valence-electron chi connectivity index (χ2n) is 5.10. The molecule has 0 amide bonds. The lowest BCUT2D eigenvalue weighted by atomic mass is 10.3. The van der Waals surface area contributed by atoms with Crippen LogP contribution in [0.3, 0.4) is 0 Å². The van der Waals surface area contributed by atoms with Crippen LogP contribution in [0.2, 0.25) is 5.02 Å². The van der Waals surface area contributed by atoms with Gasteiger partial charge in [0.25, 0.3) is 10.0 Å². The molecule has 1 aromatic heterocycles. The van der Waals surface area contributed by atoms with Crippen LogP contribution in [0.1, 0.15) is 0 Å². The van der Waals surface area contributed by atoms with Gasteiger partial charge in [0.05, 0.1) is 22.5 Å². The zero-order chi connectivity index (χ0) is 17.9. The summed E-state index contributed by atoms with van der Waals surface area (Å²) >= 11 is 5.82. The van der Waals surface area contributed by atoms with Gasteiger partial charge >= 0.3 is 0 Å². The van der Waals surface area contributed by atoms with Gasteiger partial charge < -0.3 is 5.32 Å². The Hall–Kier alpha value is -2.64. The van der Waals surface area contributed by atoms with Gasteiger partial charge in [0, 0.05) is 5.02 Å². The maximum Gasteiger partial charge on any atom is 0.263 e. The molecular weight excluding hydrogens is 365 g/mol. The molecule has 128 valence electrons. The monoisotopic (exact) mass is 377 g/mol. The molecule has 0 atom stereocenters. The Morgan fingerprint density at radius 3 is 2.48 bits per heavy atom. The predicted octanol–water partition coefficient (Wildman–Crippen LogP) is 4.42. The molecule has 2 aromatic carbocycles. The minimum Gasteiger partial charge on any atom is -0.352 e. The van der Waals surface area contributed by atoms with Gasteiger partial charge in [-0.2, -0.15) is 0 Å². The Kier molecular flexibility index (Phi) is 4.87. The standard InChI is InChI=1S/C17H13ClFN3O2S/c18-12-4-3-5-14(10-12)25(23,24)22-17-9-8-13(11-20-17)21-16-7-2-1-6-15(16)19/h1-11,21H,(H,20,22). The molecular formula is C17H13ClFN3O2S. The molecule has 0 radical (unpaired) electrons. The van der Waals surface area contributed by atoms with Gasteiger partial charge in [0.15, 0.2) is 0 Å². The van der Waals surface area contributed by atoms with Crippen LogP contribution in [0.4, 0.5) is 21.6 Å². The summed E-state index contributed by atoms with van der Waals surface area (Å²) < 4.78 is 40.6. The highest BCUT2D eigenvalue weighted by Crippen LogP contribution is 2.21. The lowest BCUT2D eigenvalue weighted by Gasteiger charge is -2.10. The fourth-order valence-electron chi connectivity index (χ4n) is 2.08. The Morgan fingerprint density at radius 2 is 1.80 bits per heavy atom. The number of benzene rings is 2. The van der Waals surface area contributed by atoms with E-state index < -0.39 is 15.8 Å². The first-order chi connectivity index (χ1) is 11.9. The zero-order valence-electron chi connectivity index (χ0n) is 12.8. The van der Waals surface area contributed by atoms with Crippen LogP contribution in [0.15, 0.2) is 71.8 Å². The van der Waals surface area contributed by atoms with Crippen molar-refractivity contribution in [3.05, 3.63) is 77.7 Å². The Labute approximate surface area is 149 Å². The Bertz CT molecular complexity index is 995. The van der Waals surface area contributed by atoms with E-state index in [-0.39, 0.29) is 10.7 Å². The number of nitrogens with one attached hydrogen (secondary N) is 2. The highest BCUT2D eigenvalue weighted by Gasteiger charge is 2.15. The first-order valence-electron chi connectivity index (χ1n) is 7.20. The van der Waals surface area contributed by atoms with E-state index in [2.05, 4.69) is 15.0 Å². The van der Waals surface area contributed by atoms with Gasteiger partial charge in [-0.25, -0.2) is 17.8 Å². The smallest absolute Gasteiger partial charge is 0.263 e. The third-order valence-electron chi connectivity index (χ3n) is 3.26. The van der Waals surface area contributed by atoms with E-state index in [4.69, 9.17) is 11.6 Å². The van der Waals surface area contributed by atoms with Crippen molar-refractivity contribution in [2.75, 3.05) is 10.0 Å². The van der Waals surface area contributed by atoms with Crippen LogP contribution in [-0.2, 0) is 10.0 Å². The van der Waals surface area contributed by atoms with E-state index in [9.17, 15) is 12.8 Å². The lowest BCUT2D eigenvalue weighted by Crippen LogP contribution is -2.13. The quantitative estimate of drug-likeness (QED) is 0.690. The number of aromatic nitrogens is 1.